The van der Waals surface area contributed by atoms with Gasteiger partial charge in [-0.1, -0.05) is 12.1 Å². The normalized spacial score (nSPS) is 11.8. The van der Waals surface area contributed by atoms with Crippen LogP contribution in [0.4, 0.5) is 5.69 Å². The first-order valence-electron chi connectivity index (χ1n) is 5.99. The van der Waals surface area contributed by atoms with E-state index in [-0.39, 0.29) is 4.90 Å². The third-order valence-electron chi connectivity index (χ3n) is 3.09. The fourth-order valence-electron chi connectivity index (χ4n) is 2.17. The van der Waals surface area contributed by atoms with E-state index in [1.54, 1.807) is 47.3 Å². The summed E-state index contributed by atoms with van der Waals surface area (Å²) in [4.78, 5) is 0.243. The van der Waals surface area contributed by atoms with Crippen LogP contribution in [0.25, 0.3) is 16.6 Å². The van der Waals surface area contributed by atoms with Gasteiger partial charge in [-0.3, -0.25) is 0 Å². The molecule has 0 saturated carbocycles. The number of aromatic nitrogens is 2. The summed E-state index contributed by atoms with van der Waals surface area (Å²) in [6.07, 6.45) is 2.87. The highest BCUT2D eigenvalue weighted by Gasteiger charge is 2.16. The highest BCUT2D eigenvalue weighted by Crippen LogP contribution is 2.25. The second kappa shape index (κ2) is 4.35. The molecular formula is C14H13N3O2S. The van der Waals surface area contributed by atoms with Crippen molar-refractivity contribution in [2.75, 3.05) is 12.0 Å². The molecule has 0 fully saturated rings. The van der Waals surface area contributed by atoms with E-state index in [2.05, 4.69) is 5.10 Å². The van der Waals surface area contributed by atoms with E-state index in [4.69, 9.17) is 5.73 Å². The molecule has 0 atom stereocenters. The highest BCUT2D eigenvalue weighted by atomic mass is 32.2. The minimum Gasteiger partial charge on any atom is -0.399 e. The van der Waals surface area contributed by atoms with Crippen LogP contribution in [-0.4, -0.2) is 24.5 Å². The summed E-state index contributed by atoms with van der Waals surface area (Å²) in [7, 11) is -3.33. The van der Waals surface area contributed by atoms with Crippen molar-refractivity contribution in [3.05, 3.63) is 48.7 Å². The van der Waals surface area contributed by atoms with E-state index < -0.39 is 9.84 Å². The number of hydrogen-bond donors (Lipinski definition) is 1. The molecule has 1 heterocycles. The van der Waals surface area contributed by atoms with Crippen LogP contribution in [0, 0.1) is 0 Å². The van der Waals surface area contributed by atoms with Gasteiger partial charge < -0.3 is 5.73 Å². The molecule has 102 valence electrons. The number of nitrogens with zero attached hydrogens (tertiary/aromatic N) is 2. The topological polar surface area (TPSA) is 78.0 Å². The summed E-state index contributed by atoms with van der Waals surface area (Å²) in [5.41, 5.74) is 7.70. The molecule has 2 N–H and O–H groups in total. The molecule has 2 aromatic carbocycles. The predicted octanol–water partition coefficient (Wildman–Crippen LogP) is 2.01. The number of rotatable bonds is 2. The van der Waals surface area contributed by atoms with Gasteiger partial charge in [0.2, 0.25) is 0 Å². The number of anilines is 1. The van der Waals surface area contributed by atoms with Gasteiger partial charge in [0.1, 0.15) is 0 Å². The Bertz CT molecular complexity index is 898. The molecule has 0 aliphatic rings. The highest BCUT2D eigenvalue weighted by molar-refractivity contribution is 7.90. The third kappa shape index (κ3) is 2.04. The Balaban J connectivity index is 2.35. The smallest absolute Gasteiger partial charge is 0.177 e. The summed E-state index contributed by atoms with van der Waals surface area (Å²) < 4.78 is 25.4. The Labute approximate surface area is 116 Å². The van der Waals surface area contributed by atoms with Crippen LogP contribution >= 0.6 is 0 Å². The van der Waals surface area contributed by atoms with E-state index in [0.29, 0.717) is 11.4 Å². The lowest BCUT2D eigenvalue weighted by Gasteiger charge is -2.09. The minimum absolute atomic E-state index is 0.243. The van der Waals surface area contributed by atoms with Gasteiger partial charge in [-0.25, -0.2) is 13.1 Å². The van der Waals surface area contributed by atoms with Gasteiger partial charge in [0.15, 0.2) is 9.84 Å². The molecule has 0 aliphatic carbocycles. The SMILES string of the molecule is CS(=O)(=O)c1ccccc1-n1ncc2ccc(N)cc21. The van der Waals surface area contributed by atoms with Gasteiger partial charge in [0.05, 0.1) is 22.3 Å². The van der Waals surface area contributed by atoms with Gasteiger partial charge in [0.25, 0.3) is 0 Å². The molecule has 0 aliphatic heterocycles. The largest absolute Gasteiger partial charge is 0.399 e. The van der Waals surface area contributed by atoms with E-state index in [1.807, 2.05) is 6.07 Å². The molecule has 3 rings (SSSR count). The monoisotopic (exact) mass is 287 g/mol. The molecule has 0 bridgehead atoms. The fourth-order valence-corrected chi connectivity index (χ4v) is 3.03. The molecule has 6 heteroatoms. The zero-order valence-electron chi connectivity index (χ0n) is 10.8. The molecule has 3 aromatic rings. The number of nitrogen functional groups attached to an aromatic ring is 1. The van der Waals surface area contributed by atoms with Gasteiger partial charge in [-0.05, 0) is 30.3 Å². The number of fused-ring (bicyclic) bond motifs is 1. The molecule has 1 aromatic heterocycles. The van der Waals surface area contributed by atoms with Crippen molar-refractivity contribution in [2.24, 2.45) is 0 Å². The third-order valence-corrected chi connectivity index (χ3v) is 4.23. The van der Waals surface area contributed by atoms with Gasteiger partial charge >= 0.3 is 0 Å². The van der Waals surface area contributed by atoms with Crippen LogP contribution in [0.3, 0.4) is 0 Å². The Morgan fingerprint density at radius 3 is 2.65 bits per heavy atom. The number of benzene rings is 2. The van der Waals surface area contributed by atoms with Crippen molar-refractivity contribution < 1.29 is 8.42 Å². The molecule has 0 spiro atoms. The summed E-state index contributed by atoms with van der Waals surface area (Å²) in [5.74, 6) is 0. The van der Waals surface area contributed by atoms with E-state index >= 15 is 0 Å². The molecule has 0 radical (unpaired) electrons. The quantitative estimate of drug-likeness (QED) is 0.731. The van der Waals surface area contributed by atoms with Crippen LogP contribution in [0.5, 0.6) is 0 Å². The Hall–Kier alpha value is -2.34. The first-order valence-corrected chi connectivity index (χ1v) is 7.89. The molecule has 20 heavy (non-hydrogen) atoms. The first kappa shape index (κ1) is 12.7. The predicted molar refractivity (Wildman–Crippen MR) is 78.6 cm³/mol. The summed E-state index contributed by atoms with van der Waals surface area (Å²) in [6, 6.07) is 12.2. The Kier molecular flexibility index (Phi) is 2.76. The minimum atomic E-state index is -3.33. The molecule has 0 saturated heterocycles. The van der Waals surface area contributed by atoms with Crippen molar-refractivity contribution in [2.45, 2.75) is 4.90 Å². The fraction of sp³-hybridized carbons (Fsp3) is 0.0714. The maximum absolute atomic E-state index is 11.9. The Morgan fingerprint density at radius 2 is 1.90 bits per heavy atom. The maximum atomic E-state index is 11.9. The molecule has 5 nitrogen and oxygen atoms in total. The van der Waals surface area contributed by atoms with E-state index in [0.717, 1.165) is 10.9 Å². The maximum Gasteiger partial charge on any atom is 0.177 e. The zero-order valence-corrected chi connectivity index (χ0v) is 11.6. The summed E-state index contributed by atoms with van der Waals surface area (Å²) >= 11 is 0. The van der Waals surface area contributed by atoms with E-state index in [9.17, 15) is 8.42 Å². The van der Waals surface area contributed by atoms with Gasteiger partial charge in [-0.2, -0.15) is 5.10 Å². The van der Waals surface area contributed by atoms with Crippen molar-refractivity contribution in [3.63, 3.8) is 0 Å². The Morgan fingerprint density at radius 1 is 1.15 bits per heavy atom. The summed E-state index contributed by atoms with van der Waals surface area (Å²) in [6.45, 7) is 0. The summed E-state index contributed by atoms with van der Waals surface area (Å²) in [5, 5.41) is 5.18. The van der Waals surface area contributed by atoms with E-state index in [1.165, 1.54) is 6.26 Å². The number of hydrogen-bond acceptors (Lipinski definition) is 4. The van der Waals surface area contributed by atoms with Crippen molar-refractivity contribution >= 4 is 26.4 Å². The standard InChI is InChI=1S/C14H13N3O2S/c1-20(18,19)14-5-3-2-4-12(14)17-13-8-11(15)7-6-10(13)9-16-17/h2-9H,15H2,1H3. The average Bonchev–Trinajstić information content (AvgIpc) is 2.80. The average molecular weight is 287 g/mol. The van der Waals surface area contributed by atoms with Crippen LogP contribution in [0.1, 0.15) is 0 Å². The number of sulfone groups is 1. The zero-order chi connectivity index (χ0) is 14.3. The lowest BCUT2D eigenvalue weighted by molar-refractivity contribution is 0.601. The van der Waals surface area contributed by atoms with Crippen molar-refractivity contribution in [1.82, 2.24) is 9.78 Å². The van der Waals surface area contributed by atoms with Gasteiger partial charge in [0, 0.05) is 17.3 Å². The van der Waals surface area contributed by atoms with Crippen LogP contribution in [-0.2, 0) is 9.84 Å². The van der Waals surface area contributed by atoms with Crippen LogP contribution in [0.15, 0.2) is 53.6 Å². The first-order chi connectivity index (χ1) is 9.47. The second-order valence-electron chi connectivity index (χ2n) is 4.61. The molecule has 0 amide bonds. The van der Waals surface area contributed by atoms with Crippen LogP contribution in [0.2, 0.25) is 0 Å². The van der Waals surface area contributed by atoms with Gasteiger partial charge in [-0.15, -0.1) is 0 Å². The number of nitrogens with two attached hydrogens (primary N) is 1. The second-order valence-corrected chi connectivity index (χ2v) is 6.60. The lowest BCUT2D eigenvalue weighted by atomic mass is 10.2. The van der Waals surface area contributed by atoms with Crippen molar-refractivity contribution in [3.8, 4) is 5.69 Å². The molecular weight excluding hydrogens is 274 g/mol. The number of para-hydroxylation sites is 1. The van der Waals surface area contributed by atoms with Crippen LogP contribution < -0.4 is 5.73 Å². The lowest BCUT2D eigenvalue weighted by Crippen LogP contribution is -2.06. The van der Waals surface area contributed by atoms with Crippen molar-refractivity contribution in [1.29, 1.82) is 0 Å². The molecule has 0 unspecified atom stereocenters.